The highest BCUT2D eigenvalue weighted by Crippen LogP contribution is 2.28. The van der Waals surface area contributed by atoms with Gasteiger partial charge in [0, 0.05) is 25.1 Å². The van der Waals surface area contributed by atoms with E-state index in [-0.39, 0.29) is 0 Å². The minimum absolute atomic E-state index is 0.397. The van der Waals surface area contributed by atoms with Crippen LogP contribution in [-0.2, 0) is 6.42 Å². The van der Waals surface area contributed by atoms with Gasteiger partial charge in [0.1, 0.15) is 11.5 Å². The Bertz CT molecular complexity index is 897. The highest BCUT2D eigenvalue weighted by Gasteiger charge is 2.11. The molecule has 0 saturated carbocycles. The lowest BCUT2D eigenvalue weighted by Gasteiger charge is -2.13. The Hall–Kier alpha value is -2.83. The molecule has 3 rings (SSSR count). The molecule has 0 radical (unpaired) electrons. The zero-order chi connectivity index (χ0) is 17.8. The van der Waals surface area contributed by atoms with E-state index >= 15 is 0 Å². The lowest BCUT2D eigenvalue weighted by Crippen LogP contribution is -2.03. The molecule has 0 unspecified atom stereocenters. The molecule has 0 atom stereocenters. The van der Waals surface area contributed by atoms with Crippen LogP contribution in [0.1, 0.15) is 29.0 Å². The first-order valence-electron chi connectivity index (χ1n) is 8.22. The highest BCUT2D eigenvalue weighted by atomic mass is 16.5. The maximum absolute atomic E-state index is 5.98. The number of aromatic amines is 1. The summed E-state index contributed by atoms with van der Waals surface area (Å²) in [6.07, 6.45) is 1.68. The summed E-state index contributed by atoms with van der Waals surface area (Å²) in [5, 5.41) is 7.89. The number of nitrogens with one attached hydrogen (secondary N) is 1. The fraction of sp³-hybridized carbons (Fsp3) is 0.389. The standard InChI is InChI=1S/C18H22N4O3/c1-11-8-14(17-20-18(19-4)25-22-17)9-12(2)16(11)23-7-5-6-15-10-13(3)21-24-15/h8-10H,5-7H2,1-4H3,(H,19,20,22). The van der Waals surface area contributed by atoms with Crippen LogP contribution in [0.5, 0.6) is 5.75 Å². The molecule has 2 heterocycles. The Morgan fingerprint density at radius 2 is 1.84 bits per heavy atom. The topological polar surface area (TPSA) is 89.4 Å². The van der Waals surface area contributed by atoms with Crippen molar-refractivity contribution < 1.29 is 13.8 Å². The highest BCUT2D eigenvalue weighted by molar-refractivity contribution is 5.60. The van der Waals surface area contributed by atoms with Gasteiger partial charge in [-0.25, -0.2) is 4.99 Å². The molecule has 0 aliphatic carbocycles. The van der Waals surface area contributed by atoms with Crippen LogP contribution < -0.4 is 10.4 Å². The van der Waals surface area contributed by atoms with E-state index < -0.39 is 0 Å². The molecule has 0 saturated heterocycles. The first-order chi connectivity index (χ1) is 12.1. The number of rotatable bonds is 6. The van der Waals surface area contributed by atoms with Crippen LogP contribution in [0.4, 0.5) is 0 Å². The summed E-state index contributed by atoms with van der Waals surface area (Å²) in [5.41, 5.74) is 4.35. The second kappa shape index (κ2) is 7.38. The Kier molecular flexibility index (Phi) is 5.02. The van der Waals surface area contributed by atoms with E-state index in [2.05, 4.69) is 20.3 Å². The van der Waals surface area contributed by atoms with E-state index in [1.807, 2.05) is 39.0 Å². The Balaban J connectivity index is 1.65. The third-order valence-corrected chi connectivity index (χ3v) is 3.88. The first kappa shape index (κ1) is 17.0. The third kappa shape index (κ3) is 3.99. The Labute approximate surface area is 145 Å². The SMILES string of the molecule is C/N=c1\[nH]c(-c2cc(C)c(OCCCc3cc(C)no3)c(C)c2)no1. The number of aryl methyl sites for hydroxylation is 4. The van der Waals surface area contributed by atoms with Gasteiger partial charge in [0.25, 0.3) is 0 Å². The molecule has 7 heteroatoms. The van der Waals surface area contributed by atoms with Crippen LogP contribution in [0.15, 0.2) is 32.2 Å². The van der Waals surface area contributed by atoms with Crippen molar-refractivity contribution in [2.24, 2.45) is 4.99 Å². The van der Waals surface area contributed by atoms with E-state index in [1.165, 1.54) is 0 Å². The molecular formula is C18H22N4O3. The van der Waals surface area contributed by atoms with E-state index in [0.29, 0.717) is 18.1 Å². The normalized spacial score (nSPS) is 11.9. The largest absolute Gasteiger partial charge is 0.493 e. The number of ether oxygens (including phenoxy) is 1. The summed E-state index contributed by atoms with van der Waals surface area (Å²) >= 11 is 0. The predicted octanol–water partition coefficient (Wildman–Crippen LogP) is 3.13. The van der Waals surface area contributed by atoms with Crippen molar-refractivity contribution in [2.75, 3.05) is 13.7 Å². The van der Waals surface area contributed by atoms with Gasteiger partial charge in [-0.2, -0.15) is 0 Å². The first-order valence-corrected chi connectivity index (χ1v) is 8.22. The monoisotopic (exact) mass is 342 g/mol. The zero-order valence-electron chi connectivity index (χ0n) is 14.9. The second-order valence-electron chi connectivity index (χ2n) is 6.01. The molecule has 132 valence electrons. The van der Waals surface area contributed by atoms with E-state index in [4.69, 9.17) is 13.8 Å². The summed E-state index contributed by atoms with van der Waals surface area (Å²) in [6, 6.07) is 6.00. The molecule has 25 heavy (non-hydrogen) atoms. The van der Waals surface area contributed by atoms with Gasteiger partial charge in [0.05, 0.1) is 12.3 Å². The number of nitrogens with zero attached hydrogens (tertiary/aromatic N) is 3. The summed E-state index contributed by atoms with van der Waals surface area (Å²) in [4.78, 5) is 6.96. The van der Waals surface area contributed by atoms with Gasteiger partial charge in [-0.15, -0.1) is 0 Å². The van der Waals surface area contributed by atoms with Crippen LogP contribution in [0.3, 0.4) is 0 Å². The molecular weight excluding hydrogens is 320 g/mol. The van der Waals surface area contributed by atoms with Gasteiger partial charge in [-0.05, 0) is 50.5 Å². The van der Waals surface area contributed by atoms with Crippen molar-refractivity contribution in [2.45, 2.75) is 33.6 Å². The van der Waals surface area contributed by atoms with Gasteiger partial charge in [-0.3, -0.25) is 4.98 Å². The van der Waals surface area contributed by atoms with Gasteiger partial charge < -0.3 is 13.8 Å². The molecule has 0 fully saturated rings. The van der Waals surface area contributed by atoms with Crippen LogP contribution in [-0.4, -0.2) is 29.0 Å². The number of benzene rings is 1. The molecule has 1 aromatic carbocycles. The lowest BCUT2D eigenvalue weighted by atomic mass is 10.1. The fourth-order valence-corrected chi connectivity index (χ4v) is 2.73. The summed E-state index contributed by atoms with van der Waals surface area (Å²) < 4.78 is 16.3. The van der Waals surface area contributed by atoms with Crippen molar-refractivity contribution in [1.29, 1.82) is 0 Å². The molecule has 0 bridgehead atoms. The molecule has 7 nitrogen and oxygen atoms in total. The molecule has 1 N–H and O–H groups in total. The average molecular weight is 342 g/mol. The molecule has 0 amide bonds. The van der Waals surface area contributed by atoms with Gasteiger partial charge in [0.2, 0.25) is 0 Å². The predicted molar refractivity (Wildman–Crippen MR) is 92.3 cm³/mol. The molecule has 3 aromatic rings. The number of aromatic nitrogens is 3. The minimum Gasteiger partial charge on any atom is -0.493 e. The van der Waals surface area contributed by atoms with Crippen molar-refractivity contribution in [1.82, 2.24) is 15.3 Å². The maximum atomic E-state index is 5.98. The second-order valence-corrected chi connectivity index (χ2v) is 6.01. The Morgan fingerprint density at radius 3 is 2.44 bits per heavy atom. The molecule has 0 aliphatic heterocycles. The smallest absolute Gasteiger partial charge is 0.320 e. The molecule has 2 aromatic heterocycles. The Morgan fingerprint density at radius 1 is 1.08 bits per heavy atom. The van der Waals surface area contributed by atoms with Crippen molar-refractivity contribution >= 4 is 0 Å². The van der Waals surface area contributed by atoms with Crippen LogP contribution >= 0.6 is 0 Å². The van der Waals surface area contributed by atoms with Crippen LogP contribution in [0.25, 0.3) is 11.4 Å². The van der Waals surface area contributed by atoms with E-state index in [1.54, 1.807) is 7.05 Å². The average Bonchev–Trinajstić information content (AvgIpc) is 3.22. The van der Waals surface area contributed by atoms with Crippen molar-refractivity contribution in [3.8, 4) is 17.1 Å². The van der Waals surface area contributed by atoms with E-state index in [9.17, 15) is 0 Å². The lowest BCUT2D eigenvalue weighted by molar-refractivity contribution is 0.296. The molecule has 0 aliphatic rings. The maximum Gasteiger partial charge on any atom is 0.320 e. The quantitative estimate of drug-likeness (QED) is 0.695. The van der Waals surface area contributed by atoms with Crippen LogP contribution in [0, 0.1) is 20.8 Å². The number of H-pyrrole nitrogens is 1. The van der Waals surface area contributed by atoms with Gasteiger partial charge in [0.15, 0.2) is 5.82 Å². The van der Waals surface area contributed by atoms with Crippen molar-refractivity contribution in [3.05, 3.63) is 46.5 Å². The van der Waals surface area contributed by atoms with Crippen LogP contribution in [0.2, 0.25) is 0 Å². The van der Waals surface area contributed by atoms with Crippen molar-refractivity contribution in [3.63, 3.8) is 0 Å². The van der Waals surface area contributed by atoms with Gasteiger partial charge in [-0.1, -0.05) is 10.3 Å². The number of hydrogen-bond donors (Lipinski definition) is 1. The van der Waals surface area contributed by atoms with E-state index in [0.717, 1.165) is 46.7 Å². The summed E-state index contributed by atoms with van der Waals surface area (Å²) in [6.45, 7) is 6.59. The minimum atomic E-state index is 0.397. The molecule has 0 spiro atoms. The third-order valence-electron chi connectivity index (χ3n) is 3.88. The summed E-state index contributed by atoms with van der Waals surface area (Å²) in [7, 11) is 1.65. The number of hydrogen-bond acceptors (Lipinski definition) is 6. The zero-order valence-corrected chi connectivity index (χ0v) is 14.9. The fourth-order valence-electron chi connectivity index (χ4n) is 2.73. The van der Waals surface area contributed by atoms with Gasteiger partial charge >= 0.3 is 5.68 Å². The summed E-state index contributed by atoms with van der Waals surface area (Å²) in [5.74, 6) is 2.45.